The highest BCUT2D eigenvalue weighted by molar-refractivity contribution is 7.87. The SMILES string of the molecule is CCC[Si](CCC)(CCC)c1ccccc1OS(=O)(=O)c1ccc(C)cc1. The zero-order valence-electron chi connectivity index (χ0n) is 17.0. The molecule has 0 aliphatic heterocycles. The average molecular weight is 405 g/mol. The minimum Gasteiger partial charge on any atom is -0.379 e. The first-order valence-corrected chi connectivity index (χ1v) is 14.0. The van der Waals surface area contributed by atoms with Gasteiger partial charge < -0.3 is 4.18 Å². The van der Waals surface area contributed by atoms with Crippen LogP contribution in [-0.2, 0) is 10.1 Å². The summed E-state index contributed by atoms with van der Waals surface area (Å²) in [6.45, 7) is 8.60. The van der Waals surface area contributed by atoms with Crippen molar-refractivity contribution in [3.8, 4) is 5.75 Å². The van der Waals surface area contributed by atoms with Crippen LogP contribution in [0, 0.1) is 6.92 Å². The molecule has 148 valence electrons. The molecule has 0 saturated heterocycles. The fraction of sp³-hybridized carbons (Fsp3) is 0.455. The molecule has 27 heavy (non-hydrogen) atoms. The molecule has 0 spiro atoms. The van der Waals surface area contributed by atoms with Crippen molar-refractivity contribution in [2.24, 2.45) is 0 Å². The van der Waals surface area contributed by atoms with Crippen LogP contribution in [0.3, 0.4) is 0 Å². The zero-order chi connectivity index (χ0) is 19.9. The number of hydrogen-bond acceptors (Lipinski definition) is 3. The number of para-hydroxylation sites is 1. The largest absolute Gasteiger partial charge is 0.379 e. The Morgan fingerprint density at radius 3 is 1.85 bits per heavy atom. The second-order valence-corrected chi connectivity index (χ2v) is 13.5. The average Bonchev–Trinajstić information content (AvgIpc) is 2.63. The molecule has 0 aliphatic rings. The van der Waals surface area contributed by atoms with Crippen LogP contribution in [0.4, 0.5) is 0 Å². The first-order chi connectivity index (χ1) is 12.9. The van der Waals surface area contributed by atoms with Gasteiger partial charge in [0.15, 0.2) is 0 Å². The van der Waals surface area contributed by atoms with Gasteiger partial charge in [-0.3, -0.25) is 0 Å². The van der Waals surface area contributed by atoms with Crippen molar-refractivity contribution in [3.63, 3.8) is 0 Å². The summed E-state index contributed by atoms with van der Waals surface area (Å²) < 4.78 is 31.4. The smallest absolute Gasteiger partial charge is 0.339 e. The third kappa shape index (κ3) is 5.23. The molecule has 2 rings (SSSR count). The minimum atomic E-state index is -3.84. The van der Waals surface area contributed by atoms with Crippen LogP contribution >= 0.6 is 0 Å². The van der Waals surface area contributed by atoms with Gasteiger partial charge in [0.1, 0.15) is 10.6 Å². The van der Waals surface area contributed by atoms with Crippen LogP contribution in [0.1, 0.15) is 45.6 Å². The molecule has 0 aromatic heterocycles. The maximum Gasteiger partial charge on any atom is 0.339 e. The molecular weight excluding hydrogens is 372 g/mol. The Kier molecular flexibility index (Phi) is 7.68. The van der Waals surface area contributed by atoms with Gasteiger partial charge in [0.05, 0.1) is 8.07 Å². The maximum atomic E-state index is 12.9. The van der Waals surface area contributed by atoms with E-state index in [9.17, 15) is 8.42 Å². The van der Waals surface area contributed by atoms with Crippen LogP contribution < -0.4 is 9.37 Å². The van der Waals surface area contributed by atoms with Gasteiger partial charge in [0.25, 0.3) is 0 Å². The van der Waals surface area contributed by atoms with Crippen LogP contribution in [0.15, 0.2) is 53.4 Å². The van der Waals surface area contributed by atoms with Crippen molar-refractivity contribution in [3.05, 3.63) is 54.1 Å². The molecule has 2 aromatic carbocycles. The molecule has 5 heteroatoms. The predicted octanol–water partition coefficient (Wildman–Crippen LogP) is 5.65. The zero-order valence-corrected chi connectivity index (χ0v) is 18.8. The Hall–Kier alpha value is -1.59. The summed E-state index contributed by atoms with van der Waals surface area (Å²) in [6, 6.07) is 18.1. The van der Waals surface area contributed by atoms with Crippen molar-refractivity contribution in [1.29, 1.82) is 0 Å². The van der Waals surface area contributed by atoms with E-state index in [1.54, 1.807) is 24.3 Å². The molecule has 0 fully saturated rings. The summed E-state index contributed by atoms with van der Waals surface area (Å²) in [4.78, 5) is 0.205. The van der Waals surface area contributed by atoms with Gasteiger partial charge in [-0.15, -0.1) is 0 Å². The number of benzene rings is 2. The monoisotopic (exact) mass is 404 g/mol. The Morgan fingerprint density at radius 2 is 1.33 bits per heavy atom. The second kappa shape index (κ2) is 9.56. The van der Waals surface area contributed by atoms with E-state index >= 15 is 0 Å². The second-order valence-electron chi connectivity index (χ2n) is 7.38. The first-order valence-electron chi connectivity index (χ1n) is 9.99. The lowest BCUT2D eigenvalue weighted by atomic mass is 10.2. The normalized spacial score (nSPS) is 12.1. The van der Waals surface area contributed by atoms with Gasteiger partial charge in [0.2, 0.25) is 0 Å². The molecule has 2 aromatic rings. The Morgan fingerprint density at radius 1 is 0.815 bits per heavy atom. The van der Waals surface area contributed by atoms with E-state index in [2.05, 4.69) is 26.8 Å². The van der Waals surface area contributed by atoms with Gasteiger partial charge >= 0.3 is 10.1 Å². The fourth-order valence-electron chi connectivity index (χ4n) is 4.06. The third-order valence-electron chi connectivity index (χ3n) is 5.15. The molecular formula is C22H32O3SSi. The predicted molar refractivity (Wildman–Crippen MR) is 116 cm³/mol. The number of rotatable bonds is 10. The van der Waals surface area contributed by atoms with E-state index in [0.29, 0.717) is 5.75 Å². The molecule has 0 bridgehead atoms. The molecule has 0 saturated carbocycles. The Bertz CT molecular complexity index is 812. The quantitative estimate of drug-likeness (QED) is 0.380. The third-order valence-corrected chi connectivity index (χ3v) is 12.3. The molecule has 0 N–H and O–H groups in total. The molecule has 3 nitrogen and oxygen atoms in total. The van der Waals surface area contributed by atoms with Crippen LogP contribution in [0.5, 0.6) is 5.75 Å². The van der Waals surface area contributed by atoms with E-state index in [-0.39, 0.29) is 4.90 Å². The summed E-state index contributed by atoms with van der Waals surface area (Å²) in [7, 11) is -5.65. The van der Waals surface area contributed by atoms with Crippen molar-refractivity contribution >= 4 is 23.4 Å². The Balaban J connectivity index is 2.48. The highest BCUT2D eigenvalue weighted by atomic mass is 32.2. The maximum absolute atomic E-state index is 12.9. The summed E-state index contributed by atoms with van der Waals surface area (Å²) >= 11 is 0. The van der Waals surface area contributed by atoms with Gasteiger partial charge in [-0.1, -0.05) is 94.1 Å². The first kappa shape index (κ1) is 21.7. The van der Waals surface area contributed by atoms with E-state index in [0.717, 1.165) is 30.0 Å². The van der Waals surface area contributed by atoms with Gasteiger partial charge in [0, 0.05) is 0 Å². The van der Waals surface area contributed by atoms with Crippen LogP contribution in [0.25, 0.3) is 0 Å². The summed E-state index contributed by atoms with van der Waals surface area (Å²) in [6.07, 6.45) is 3.35. The highest BCUT2D eigenvalue weighted by Crippen LogP contribution is 2.30. The van der Waals surface area contributed by atoms with Crippen molar-refractivity contribution in [1.82, 2.24) is 0 Å². The van der Waals surface area contributed by atoms with E-state index in [4.69, 9.17) is 4.18 Å². The number of hydrogen-bond donors (Lipinski definition) is 0. The molecule has 0 unspecified atom stereocenters. The lowest BCUT2D eigenvalue weighted by Crippen LogP contribution is -2.48. The standard InChI is InChI=1S/C22H32O3SSi/c1-5-16-27(17-6-2,18-7-3)22-11-9-8-10-21(22)25-26(23,24)20-14-12-19(4)13-15-20/h8-15H,5-7,16-18H2,1-4H3. The van der Waals surface area contributed by atoms with Crippen LogP contribution in [-0.4, -0.2) is 16.5 Å². The summed E-state index contributed by atoms with van der Waals surface area (Å²) in [5.41, 5.74) is 1.02. The molecule has 0 amide bonds. The van der Waals surface area contributed by atoms with Gasteiger partial charge in [-0.05, 0) is 30.3 Å². The molecule has 0 radical (unpaired) electrons. The molecule has 0 atom stereocenters. The van der Waals surface area contributed by atoms with E-state index in [1.807, 2.05) is 25.1 Å². The minimum absolute atomic E-state index is 0.205. The van der Waals surface area contributed by atoms with Crippen LogP contribution in [0.2, 0.25) is 18.1 Å². The van der Waals surface area contributed by atoms with Gasteiger partial charge in [-0.25, -0.2) is 0 Å². The highest BCUT2D eigenvalue weighted by Gasteiger charge is 2.35. The summed E-state index contributed by atoms with van der Waals surface area (Å²) in [5, 5.41) is 1.16. The number of aryl methyl sites for hydroxylation is 1. The lowest BCUT2D eigenvalue weighted by Gasteiger charge is -2.33. The Labute approximate surface area is 165 Å². The molecule has 0 heterocycles. The van der Waals surface area contributed by atoms with Crippen molar-refractivity contribution < 1.29 is 12.6 Å². The topological polar surface area (TPSA) is 43.4 Å². The van der Waals surface area contributed by atoms with Crippen molar-refractivity contribution in [2.75, 3.05) is 0 Å². The fourth-order valence-corrected chi connectivity index (χ4v) is 10.6. The van der Waals surface area contributed by atoms with E-state index in [1.165, 1.54) is 18.1 Å². The van der Waals surface area contributed by atoms with Gasteiger partial charge in [-0.2, -0.15) is 8.42 Å². The molecule has 0 aliphatic carbocycles. The van der Waals surface area contributed by atoms with Crippen molar-refractivity contribution in [2.45, 2.75) is 70.0 Å². The lowest BCUT2D eigenvalue weighted by molar-refractivity contribution is 0.487. The summed E-state index contributed by atoms with van der Waals surface area (Å²) in [5.74, 6) is 0.528. The van der Waals surface area contributed by atoms with E-state index < -0.39 is 18.2 Å².